The number of halogens is 1. The summed E-state index contributed by atoms with van der Waals surface area (Å²) in [6.45, 7) is 6.99. The van der Waals surface area contributed by atoms with Crippen LogP contribution in [-0.4, -0.2) is 55.5 Å². The Bertz CT molecular complexity index is 404. The van der Waals surface area contributed by atoms with Crippen LogP contribution in [0, 0.1) is 6.92 Å². The van der Waals surface area contributed by atoms with Crippen LogP contribution >= 0.6 is 23.7 Å². The lowest BCUT2D eigenvalue weighted by atomic mass is 10.3. The third-order valence-corrected chi connectivity index (χ3v) is 4.08. The number of amides is 1. The average Bonchev–Trinajstić information content (AvgIpc) is 2.75. The molecule has 2 heterocycles. The minimum atomic E-state index is 0. The third-order valence-electron chi connectivity index (χ3n) is 3.10. The van der Waals surface area contributed by atoms with Gasteiger partial charge in [-0.05, 0) is 26.1 Å². The van der Waals surface area contributed by atoms with E-state index in [0.29, 0.717) is 6.54 Å². The van der Waals surface area contributed by atoms with Crippen molar-refractivity contribution in [2.75, 3.05) is 39.8 Å². The SMILES string of the molecule is Cc1ccc(CN(C)CC(=O)N2CCNCC2)s1.Cl. The summed E-state index contributed by atoms with van der Waals surface area (Å²) >= 11 is 1.80. The van der Waals surface area contributed by atoms with Crippen LogP contribution in [0.2, 0.25) is 0 Å². The zero-order chi connectivity index (χ0) is 13.0. The fourth-order valence-electron chi connectivity index (χ4n) is 2.14. The van der Waals surface area contributed by atoms with Crippen LogP contribution in [0.5, 0.6) is 0 Å². The molecule has 0 aliphatic carbocycles. The van der Waals surface area contributed by atoms with E-state index in [2.05, 4.69) is 29.3 Å². The molecule has 0 saturated carbocycles. The second kappa shape index (κ2) is 7.85. The Labute approximate surface area is 125 Å². The lowest BCUT2D eigenvalue weighted by Gasteiger charge is -2.29. The highest BCUT2D eigenvalue weighted by molar-refractivity contribution is 7.11. The number of carbonyl (C=O) groups is 1. The monoisotopic (exact) mass is 303 g/mol. The van der Waals surface area contributed by atoms with Gasteiger partial charge in [0.2, 0.25) is 5.91 Å². The maximum absolute atomic E-state index is 12.1. The fraction of sp³-hybridized carbons (Fsp3) is 0.615. The molecule has 2 rings (SSSR count). The van der Waals surface area contributed by atoms with E-state index < -0.39 is 0 Å². The first-order valence-electron chi connectivity index (χ1n) is 6.37. The lowest BCUT2D eigenvalue weighted by molar-refractivity contribution is -0.132. The van der Waals surface area contributed by atoms with E-state index in [9.17, 15) is 4.79 Å². The molecule has 1 aliphatic rings. The molecule has 1 aromatic heterocycles. The van der Waals surface area contributed by atoms with Crippen molar-refractivity contribution in [2.45, 2.75) is 13.5 Å². The first-order valence-corrected chi connectivity index (χ1v) is 7.19. The molecule has 4 nitrogen and oxygen atoms in total. The summed E-state index contributed by atoms with van der Waals surface area (Å²) in [6.07, 6.45) is 0. The van der Waals surface area contributed by atoms with Gasteiger partial charge in [-0.2, -0.15) is 0 Å². The van der Waals surface area contributed by atoms with Crippen LogP contribution in [0.25, 0.3) is 0 Å². The van der Waals surface area contributed by atoms with Crippen LogP contribution < -0.4 is 5.32 Å². The Kier molecular flexibility index (Phi) is 6.79. The number of hydrogen-bond acceptors (Lipinski definition) is 4. The summed E-state index contributed by atoms with van der Waals surface area (Å²) in [4.78, 5) is 18.8. The number of thiophene rings is 1. The summed E-state index contributed by atoms with van der Waals surface area (Å²) in [5.41, 5.74) is 0. The summed E-state index contributed by atoms with van der Waals surface area (Å²) in [6, 6.07) is 4.28. The van der Waals surface area contributed by atoms with Gasteiger partial charge in [-0.25, -0.2) is 0 Å². The molecule has 0 spiro atoms. The van der Waals surface area contributed by atoms with Crippen LogP contribution in [0.1, 0.15) is 9.75 Å². The molecule has 1 fully saturated rings. The molecule has 0 radical (unpaired) electrons. The number of rotatable bonds is 4. The third kappa shape index (κ3) is 5.10. The van der Waals surface area contributed by atoms with E-state index in [-0.39, 0.29) is 18.3 Å². The smallest absolute Gasteiger partial charge is 0.236 e. The Morgan fingerprint density at radius 3 is 2.68 bits per heavy atom. The van der Waals surface area contributed by atoms with Gasteiger partial charge in [0.1, 0.15) is 0 Å². The van der Waals surface area contributed by atoms with Gasteiger partial charge in [-0.15, -0.1) is 23.7 Å². The van der Waals surface area contributed by atoms with Gasteiger partial charge in [0.05, 0.1) is 6.54 Å². The molecule has 1 N–H and O–H groups in total. The predicted octanol–water partition coefficient (Wildman–Crippen LogP) is 1.34. The second-order valence-corrected chi connectivity index (χ2v) is 6.19. The van der Waals surface area contributed by atoms with E-state index >= 15 is 0 Å². The molecular weight excluding hydrogens is 282 g/mol. The Morgan fingerprint density at radius 2 is 2.11 bits per heavy atom. The zero-order valence-corrected chi connectivity index (χ0v) is 13.1. The van der Waals surface area contributed by atoms with E-state index in [1.165, 1.54) is 9.75 Å². The minimum absolute atomic E-state index is 0. The summed E-state index contributed by atoms with van der Waals surface area (Å²) < 4.78 is 0. The highest BCUT2D eigenvalue weighted by atomic mass is 35.5. The maximum Gasteiger partial charge on any atom is 0.236 e. The highest BCUT2D eigenvalue weighted by Crippen LogP contribution is 2.16. The van der Waals surface area contributed by atoms with Crippen molar-refractivity contribution >= 4 is 29.7 Å². The lowest BCUT2D eigenvalue weighted by Crippen LogP contribution is -2.49. The molecule has 1 aromatic rings. The van der Waals surface area contributed by atoms with Crippen molar-refractivity contribution in [2.24, 2.45) is 0 Å². The summed E-state index contributed by atoms with van der Waals surface area (Å²) in [5, 5.41) is 3.26. The highest BCUT2D eigenvalue weighted by Gasteiger charge is 2.17. The van der Waals surface area contributed by atoms with Crippen LogP contribution in [0.3, 0.4) is 0 Å². The molecule has 0 atom stereocenters. The number of aryl methyl sites for hydroxylation is 1. The van der Waals surface area contributed by atoms with E-state index in [1.54, 1.807) is 11.3 Å². The van der Waals surface area contributed by atoms with E-state index in [1.807, 2.05) is 11.9 Å². The van der Waals surface area contributed by atoms with Gasteiger partial charge >= 0.3 is 0 Å². The second-order valence-electron chi connectivity index (χ2n) is 4.82. The number of hydrogen-bond donors (Lipinski definition) is 1. The summed E-state index contributed by atoms with van der Waals surface area (Å²) in [5.74, 6) is 0.243. The quantitative estimate of drug-likeness (QED) is 0.912. The van der Waals surface area contributed by atoms with Crippen LogP contribution in [0.15, 0.2) is 12.1 Å². The first kappa shape index (κ1) is 16.4. The molecule has 6 heteroatoms. The zero-order valence-electron chi connectivity index (χ0n) is 11.5. The van der Waals surface area contributed by atoms with Crippen LogP contribution in [-0.2, 0) is 11.3 Å². The fourth-order valence-corrected chi connectivity index (χ4v) is 3.11. The Morgan fingerprint density at radius 1 is 1.42 bits per heavy atom. The minimum Gasteiger partial charge on any atom is -0.339 e. The molecule has 1 aliphatic heterocycles. The van der Waals surface area contributed by atoms with Crippen molar-refractivity contribution in [3.63, 3.8) is 0 Å². The number of likely N-dealkylation sites (N-methyl/N-ethyl adjacent to an activating group) is 1. The standard InChI is InChI=1S/C13H21N3OS.ClH/c1-11-3-4-12(18-11)9-15(2)10-13(17)16-7-5-14-6-8-16;/h3-4,14H,5-10H2,1-2H3;1H. The van der Waals surface area contributed by atoms with Crippen molar-refractivity contribution in [3.05, 3.63) is 21.9 Å². The molecule has 0 unspecified atom stereocenters. The van der Waals surface area contributed by atoms with E-state index in [4.69, 9.17) is 0 Å². The molecule has 1 saturated heterocycles. The number of piperazine rings is 1. The first-order chi connectivity index (χ1) is 8.65. The van der Waals surface area contributed by atoms with Crippen molar-refractivity contribution in [3.8, 4) is 0 Å². The van der Waals surface area contributed by atoms with Gasteiger partial charge in [0, 0.05) is 42.5 Å². The molecular formula is C13H22ClN3OS. The van der Waals surface area contributed by atoms with Crippen molar-refractivity contribution in [1.82, 2.24) is 15.1 Å². The van der Waals surface area contributed by atoms with E-state index in [0.717, 1.165) is 32.7 Å². The van der Waals surface area contributed by atoms with Gasteiger partial charge in [0.15, 0.2) is 0 Å². The number of nitrogens with one attached hydrogen (secondary N) is 1. The normalized spacial score (nSPS) is 15.4. The topological polar surface area (TPSA) is 35.6 Å². The van der Waals surface area contributed by atoms with Gasteiger partial charge in [0.25, 0.3) is 0 Å². The molecule has 19 heavy (non-hydrogen) atoms. The van der Waals surface area contributed by atoms with Gasteiger partial charge in [-0.3, -0.25) is 9.69 Å². The number of carbonyl (C=O) groups excluding carboxylic acids is 1. The average molecular weight is 304 g/mol. The maximum atomic E-state index is 12.1. The Hall–Kier alpha value is -0.620. The largest absolute Gasteiger partial charge is 0.339 e. The van der Waals surface area contributed by atoms with Crippen LogP contribution in [0.4, 0.5) is 0 Å². The van der Waals surface area contributed by atoms with Gasteiger partial charge < -0.3 is 10.2 Å². The van der Waals surface area contributed by atoms with Gasteiger partial charge in [-0.1, -0.05) is 0 Å². The number of nitrogens with zero attached hydrogens (tertiary/aromatic N) is 2. The summed E-state index contributed by atoms with van der Waals surface area (Å²) in [7, 11) is 2.01. The molecule has 1 amide bonds. The van der Waals surface area contributed by atoms with Crippen molar-refractivity contribution in [1.29, 1.82) is 0 Å². The predicted molar refractivity (Wildman–Crippen MR) is 82.1 cm³/mol. The molecule has 0 bridgehead atoms. The Balaban J connectivity index is 0.00000180. The molecule has 0 aromatic carbocycles. The molecule has 108 valence electrons. The van der Waals surface area contributed by atoms with Crippen molar-refractivity contribution < 1.29 is 4.79 Å².